The van der Waals surface area contributed by atoms with Gasteiger partial charge in [-0.3, -0.25) is 4.79 Å². The van der Waals surface area contributed by atoms with Crippen molar-refractivity contribution >= 4 is 5.91 Å². The molecule has 1 amide bonds. The Labute approximate surface area is 105 Å². The third-order valence-corrected chi connectivity index (χ3v) is 2.98. The fraction of sp³-hybridized carbons (Fsp3) is 0.385. The molecule has 0 aromatic heterocycles. The van der Waals surface area contributed by atoms with Crippen LogP contribution in [0, 0.1) is 17.2 Å². The maximum absolute atomic E-state index is 12.0. The number of amides is 1. The van der Waals surface area contributed by atoms with Crippen LogP contribution in [0.2, 0.25) is 0 Å². The maximum Gasteiger partial charge on any atom is 0.256 e. The summed E-state index contributed by atoms with van der Waals surface area (Å²) in [5.74, 6) is -0.177. The van der Waals surface area contributed by atoms with Crippen molar-refractivity contribution in [3.8, 4) is 17.6 Å². The standard InChI is InChI=1S/C13H14N2O3/c1-18-11-4-2-3-9(12(11)16)13(17)15-10(7-14)8-5-6-8/h2-4,8,10,16H,5-6H2,1H3,(H,15,17). The minimum Gasteiger partial charge on any atom is -0.504 e. The van der Waals surface area contributed by atoms with E-state index in [9.17, 15) is 9.90 Å². The molecule has 0 aliphatic heterocycles. The summed E-state index contributed by atoms with van der Waals surface area (Å²) in [4.78, 5) is 12.0. The zero-order chi connectivity index (χ0) is 13.1. The smallest absolute Gasteiger partial charge is 0.256 e. The molecule has 0 radical (unpaired) electrons. The summed E-state index contributed by atoms with van der Waals surface area (Å²) in [7, 11) is 1.42. The molecule has 1 aliphatic rings. The highest BCUT2D eigenvalue weighted by Crippen LogP contribution is 2.33. The van der Waals surface area contributed by atoms with Crippen LogP contribution in [-0.2, 0) is 0 Å². The van der Waals surface area contributed by atoms with Crippen LogP contribution in [0.15, 0.2) is 18.2 Å². The van der Waals surface area contributed by atoms with Gasteiger partial charge >= 0.3 is 0 Å². The lowest BCUT2D eigenvalue weighted by Gasteiger charge is -2.12. The average molecular weight is 246 g/mol. The van der Waals surface area contributed by atoms with Crippen LogP contribution in [-0.4, -0.2) is 24.2 Å². The number of hydrogen-bond acceptors (Lipinski definition) is 4. The molecule has 2 N–H and O–H groups in total. The number of benzene rings is 1. The number of carbonyl (C=O) groups is 1. The predicted molar refractivity (Wildman–Crippen MR) is 64.3 cm³/mol. The first-order chi connectivity index (χ1) is 8.67. The van der Waals surface area contributed by atoms with Crippen molar-refractivity contribution in [3.63, 3.8) is 0 Å². The number of rotatable bonds is 4. The van der Waals surface area contributed by atoms with Gasteiger partial charge in [0.15, 0.2) is 11.5 Å². The first-order valence-corrected chi connectivity index (χ1v) is 5.73. The van der Waals surface area contributed by atoms with Gasteiger partial charge in [-0.2, -0.15) is 5.26 Å². The molecule has 1 saturated carbocycles. The molecule has 1 atom stereocenters. The largest absolute Gasteiger partial charge is 0.504 e. The number of aromatic hydroxyl groups is 1. The monoisotopic (exact) mass is 246 g/mol. The minimum atomic E-state index is -0.483. The van der Waals surface area contributed by atoms with Gasteiger partial charge in [0.05, 0.1) is 18.7 Å². The number of nitrogens with zero attached hydrogens (tertiary/aromatic N) is 1. The predicted octanol–water partition coefficient (Wildman–Crippen LogP) is 1.43. The van der Waals surface area contributed by atoms with Gasteiger partial charge in [0.25, 0.3) is 5.91 Å². The fourth-order valence-corrected chi connectivity index (χ4v) is 1.77. The normalized spacial score (nSPS) is 15.6. The van der Waals surface area contributed by atoms with Crippen molar-refractivity contribution in [1.82, 2.24) is 5.32 Å². The number of hydrogen-bond donors (Lipinski definition) is 2. The van der Waals surface area contributed by atoms with E-state index in [1.807, 2.05) is 0 Å². The number of methoxy groups -OCH3 is 1. The molecule has 94 valence electrons. The summed E-state index contributed by atoms with van der Waals surface area (Å²) in [5, 5.41) is 21.4. The van der Waals surface area contributed by atoms with Crippen LogP contribution < -0.4 is 10.1 Å². The Morgan fingerprint density at radius 3 is 2.89 bits per heavy atom. The van der Waals surface area contributed by atoms with Crippen LogP contribution in [0.5, 0.6) is 11.5 Å². The molecule has 1 fully saturated rings. The molecule has 1 aromatic rings. The second-order valence-corrected chi connectivity index (χ2v) is 4.27. The molecule has 2 rings (SSSR count). The van der Waals surface area contributed by atoms with Gasteiger partial charge in [0.2, 0.25) is 0 Å². The van der Waals surface area contributed by atoms with Gasteiger partial charge in [-0.05, 0) is 30.9 Å². The molecule has 1 aromatic carbocycles. The van der Waals surface area contributed by atoms with Crippen LogP contribution in [0.1, 0.15) is 23.2 Å². The molecular formula is C13H14N2O3. The van der Waals surface area contributed by atoms with E-state index in [4.69, 9.17) is 10.00 Å². The van der Waals surface area contributed by atoms with E-state index in [-0.39, 0.29) is 23.0 Å². The van der Waals surface area contributed by atoms with Crippen LogP contribution >= 0.6 is 0 Å². The van der Waals surface area contributed by atoms with Gasteiger partial charge < -0.3 is 15.2 Å². The number of nitrogens with one attached hydrogen (secondary N) is 1. The van der Waals surface area contributed by atoms with Gasteiger partial charge in [0.1, 0.15) is 6.04 Å². The Hall–Kier alpha value is -2.22. The van der Waals surface area contributed by atoms with Gasteiger partial charge in [-0.25, -0.2) is 0 Å². The molecule has 0 bridgehead atoms. The lowest BCUT2D eigenvalue weighted by atomic mass is 10.1. The van der Waals surface area contributed by atoms with E-state index >= 15 is 0 Å². The Balaban J connectivity index is 2.16. The van der Waals surface area contributed by atoms with Crippen molar-refractivity contribution in [2.45, 2.75) is 18.9 Å². The summed E-state index contributed by atoms with van der Waals surface area (Å²) in [6.45, 7) is 0. The van der Waals surface area contributed by atoms with Crippen molar-refractivity contribution in [2.75, 3.05) is 7.11 Å². The van der Waals surface area contributed by atoms with E-state index < -0.39 is 11.9 Å². The lowest BCUT2D eigenvalue weighted by molar-refractivity contribution is 0.0938. The molecule has 18 heavy (non-hydrogen) atoms. The van der Waals surface area contributed by atoms with Crippen molar-refractivity contribution in [1.29, 1.82) is 5.26 Å². The van der Waals surface area contributed by atoms with E-state index in [1.165, 1.54) is 13.2 Å². The summed E-state index contributed by atoms with van der Waals surface area (Å²) in [6, 6.07) is 6.26. The lowest BCUT2D eigenvalue weighted by Crippen LogP contribution is -2.35. The third kappa shape index (κ3) is 2.38. The maximum atomic E-state index is 12.0. The summed E-state index contributed by atoms with van der Waals surface area (Å²) in [6.07, 6.45) is 1.92. The molecule has 5 heteroatoms. The Morgan fingerprint density at radius 2 is 2.33 bits per heavy atom. The van der Waals surface area contributed by atoms with Crippen molar-refractivity contribution in [3.05, 3.63) is 23.8 Å². The van der Waals surface area contributed by atoms with Crippen LogP contribution in [0.4, 0.5) is 0 Å². The zero-order valence-corrected chi connectivity index (χ0v) is 10.0. The minimum absolute atomic E-state index is 0.121. The Kier molecular flexibility index (Phi) is 3.38. The van der Waals surface area contributed by atoms with E-state index in [0.717, 1.165) is 12.8 Å². The van der Waals surface area contributed by atoms with Gasteiger partial charge in [-0.1, -0.05) is 6.07 Å². The summed E-state index contributed by atoms with van der Waals surface area (Å²) < 4.78 is 4.93. The Bertz CT molecular complexity index is 503. The van der Waals surface area contributed by atoms with Crippen molar-refractivity contribution < 1.29 is 14.6 Å². The second kappa shape index (κ2) is 4.96. The molecule has 1 unspecified atom stereocenters. The SMILES string of the molecule is COc1cccc(C(=O)NC(C#N)C2CC2)c1O. The topological polar surface area (TPSA) is 82.3 Å². The molecule has 5 nitrogen and oxygen atoms in total. The molecular weight excluding hydrogens is 232 g/mol. The molecule has 1 aliphatic carbocycles. The fourth-order valence-electron chi connectivity index (χ4n) is 1.77. The van der Waals surface area contributed by atoms with Crippen LogP contribution in [0.25, 0.3) is 0 Å². The third-order valence-electron chi connectivity index (χ3n) is 2.98. The first-order valence-electron chi connectivity index (χ1n) is 5.73. The van der Waals surface area contributed by atoms with Crippen LogP contribution in [0.3, 0.4) is 0 Å². The Morgan fingerprint density at radius 1 is 1.61 bits per heavy atom. The quantitative estimate of drug-likeness (QED) is 0.842. The van der Waals surface area contributed by atoms with E-state index in [1.54, 1.807) is 12.1 Å². The number of phenolic OH excluding ortho intramolecular Hbond substituents is 1. The number of para-hydroxylation sites is 1. The number of phenols is 1. The number of ether oxygens (including phenoxy) is 1. The summed E-state index contributed by atoms with van der Waals surface area (Å²) in [5.41, 5.74) is 0.121. The molecule has 0 heterocycles. The highest BCUT2D eigenvalue weighted by Gasteiger charge is 2.33. The highest BCUT2D eigenvalue weighted by molar-refractivity contribution is 5.98. The average Bonchev–Trinajstić information content (AvgIpc) is 3.20. The molecule has 0 spiro atoms. The zero-order valence-electron chi connectivity index (χ0n) is 10.0. The second-order valence-electron chi connectivity index (χ2n) is 4.27. The van der Waals surface area contributed by atoms with E-state index in [0.29, 0.717) is 0 Å². The summed E-state index contributed by atoms with van der Waals surface area (Å²) >= 11 is 0. The van der Waals surface area contributed by atoms with Gasteiger partial charge in [0, 0.05) is 0 Å². The van der Waals surface area contributed by atoms with E-state index in [2.05, 4.69) is 11.4 Å². The highest BCUT2D eigenvalue weighted by atomic mass is 16.5. The van der Waals surface area contributed by atoms with Crippen molar-refractivity contribution in [2.24, 2.45) is 5.92 Å². The van der Waals surface area contributed by atoms with Gasteiger partial charge in [-0.15, -0.1) is 0 Å². The molecule has 0 saturated heterocycles. The first kappa shape index (κ1) is 12.2. The number of carbonyl (C=O) groups excluding carboxylic acids is 1. The number of nitriles is 1.